The van der Waals surface area contributed by atoms with Crippen LogP contribution >= 0.6 is 11.6 Å². The van der Waals surface area contributed by atoms with E-state index < -0.39 is 11.2 Å². The van der Waals surface area contributed by atoms with Gasteiger partial charge in [0.05, 0.1) is 0 Å². The Bertz CT molecular complexity index is 948. The summed E-state index contributed by atoms with van der Waals surface area (Å²) in [6.45, 7) is 7.11. The van der Waals surface area contributed by atoms with Crippen molar-refractivity contribution in [3.8, 4) is 0 Å². The second-order valence-electron chi connectivity index (χ2n) is 8.38. The summed E-state index contributed by atoms with van der Waals surface area (Å²) in [6.07, 6.45) is 2.64. The van der Waals surface area contributed by atoms with E-state index in [9.17, 15) is 4.55 Å². The maximum Gasteiger partial charge on any atom is 0.228 e. The van der Waals surface area contributed by atoms with E-state index in [0.717, 1.165) is 86.0 Å². The van der Waals surface area contributed by atoms with Crippen molar-refractivity contribution in [2.75, 3.05) is 60.3 Å². The van der Waals surface area contributed by atoms with E-state index in [1.807, 2.05) is 12.1 Å². The van der Waals surface area contributed by atoms with E-state index in [-0.39, 0.29) is 0 Å². The fourth-order valence-corrected chi connectivity index (χ4v) is 6.12. The molecule has 2 fully saturated rings. The van der Waals surface area contributed by atoms with Gasteiger partial charge in [-0.05, 0) is 54.7 Å². The first-order chi connectivity index (χ1) is 15.1. The summed E-state index contributed by atoms with van der Waals surface area (Å²) in [7, 11) is 0. The van der Waals surface area contributed by atoms with Crippen molar-refractivity contribution in [1.29, 1.82) is 0 Å². The topological polar surface area (TPSA) is 76.6 Å². The van der Waals surface area contributed by atoms with Crippen LogP contribution in [0.5, 0.6) is 0 Å². The number of fused-ring (bicyclic) bond motifs is 1. The number of nitrogens with one attached hydrogen (secondary N) is 1. The lowest BCUT2D eigenvalue weighted by atomic mass is 10.1. The quantitative estimate of drug-likeness (QED) is 0.701. The molecular weight excluding hydrogens is 434 g/mol. The molecule has 0 radical (unpaired) electrons. The Morgan fingerprint density at radius 1 is 1.13 bits per heavy atom. The average Bonchev–Trinajstić information content (AvgIpc) is 3.16. The van der Waals surface area contributed by atoms with Crippen LogP contribution in [-0.2, 0) is 22.3 Å². The number of nitrogens with zero attached hydrogens (tertiary/aromatic N) is 4. The molecular formula is C22H28ClN5O2S. The number of piperazine rings is 1. The Balaban J connectivity index is 1.34. The third-order valence-electron chi connectivity index (χ3n) is 6.30. The third kappa shape index (κ3) is 4.44. The van der Waals surface area contributed by atoms with Crippen molar-refractivity contribution in [3.63, 3.8) is 0 Å². The molecule has 4 heterocycles. The predicted octanol–water partition coefficient (Wildman–Crippen LogP) is 3.02. The molecule has 1 aromatic carbocycles. The molecule has 9 heteroatoms. The van der Waals surface area contributed by atoms with Gasteiger partial charge in [-0.15, -0.1) is 0 Å². The van der Waals surface area contributed by atoms with Gasteiger partial charge < -0.3 is 24.4 Å². The van der Waals surface area contributed by atoms with Crippen LogP contribution in [0.2, 0.25) is 5.02 Å². The van der Waals surface area contributed by atoms with Gasteiger partial charge in [-0.25, -0.2) is 4.98 Å². The van der Waals surface area contributed by atoms with E-state index in [4.69, 9.17) is 26.3 Å². The zero-order valence-electron chi connectivity index (χ0n) is 17.8. The van der Waals surface area contributed by atoms with Crippen LogP contribution in [0, 0.1) is 6.92 Å². The van der Waals surface area contributed by atoms with E-state index in [1.54, 1.807) is 0 Å². The fourth-order valence-electron chi connectivity index (χ4n) is 4.58. The summed E-state index contributed by atoms with van der Waals surface area (Å²) < 4.78 is 18.1. The first-order valence-electron chi connectivity index (χ1n) is 11.0. The third-order valence-corrected chi connectivity index (χ3v) is 7.99. The molecule has 5 rings (SSSR count). The first kappa shape index (κ1) is 21.1. The lowest BCUT2D eigenvalue weighted by molar-refractivity contribution is 0.0903. The van der Waals surface area contributed by atoms with Gasteiger partial charge in [0, 0.05) is 62.6 Å². The number of ether oxygens (including phenoxy) is 1. The molecule has 0 saturated carbocycles. The maximum atomic E-state index is 12.6. The van der Waals surface area contributed by atoms with Gasteiger partial charge >= 0.3 is 0 Å². The molecule has 1 unspecified atom stereocenters. The molecule has 1 aromatic heterocycles. The number of hydrogen-bond acceptors (Lipinski definition) is 7. The number of halogens is 1. The molecule has 0 spiro atoms. The maximum absolute atomic E-state index is 12.6. The zero-order valence-corrected chi connectivity index (χ0v) is 19.3. The Morgan fingerprint density at radius 3 is 2.61 bits per heavy atom. The number of rotatable bonds is 4. The SMILES string of the molecule is Cc1cc(Cl)ccc1N1CCN(c2nc3c(c(NC4CCOCC4)n2)[S+]([O-])CC3)CC1. The van der Waals surface area contributed by atoms with E-state index in [1.165, 1.54) is 11.3 Å². The van der Waals surface area contributed by atoms with Gasteiger partial charge in [0.1, 0.15) is 11.4 Å². The molecule has 1 atom stereocenters. The van der Waals surface area contributed by atoms with Crippen molar-refractivity contribution in [1.82, 2.24) is 9.97 Å². The fraction of sp³-hybridized carbons (Fsp3) is 0.545. The highest BCUT2D eigenvalue weighted by Crippen LogP contribution is 2.34. The minimum absolute atomic E-state index is 0.308. The second kappa shape index (κ2) is 9.02. The van der Waals surface area contributed by atoms with Crippen molar-refractivity contribution in [3.05, 3.63) is 34.5 Å². The van der Waals surface area contributed by atoms with Gasteiger partial charge in [-0.1, -0.05) is 11.6 Å². The highest BCUT2D eigenvalue weighted by Gasteiger charge is 2.34. The van der Waals surface area contributed by atoms with Crippen LogP contribution in [0.4, 0.5) is 17.5 Å². The molecule has 31 heavy (non-hydrogen) atoms. The summed E-state index contributed by atoms with van der Waals surface area (Å²) in [4.78, 5) is 15.2. The molecule has 2 aromatic rings. The number of benzene rings is 1. The molecule has 0 aliphatic carbocycles. The highest BCUT2D eigenvalue weighted by molar-refractivity contribution is 7.91. The molecule has 166 valence electrons. The van der Waals surface area contributed by atoms with Crippen molar-refractivity contribution in [2.45, 2.75) is 37.1 Å². The highest BCUT2D eigenvalue weighted by atomic mass is 35.5. The molecule has 0 amide bonds. The number of anilines is 3. The number of aromatic nitrogens is 2. The van der Waals surface area contributed by atoms with Gasteiger partial charge in [0.2, 0.25) is 10.8 Å². The second-order valence-corrected chi connectivity index (χ2v) is 10.3. The summed E-state index contributed by atoms with van der Waals surface area (Å²) in [5.41, 5.74) is 3.37. The average molecular weight is 462 g/mol. The molecule has 3 aliphatic rings. The molecule has 0 bridgehead atoms. The summed E-state index contributed by atoms with van der Waals surface area (Å²) in [5.74, 6) is 2.15. The van der Waals surface area contributed by atoms with Crippen LogP contribution in [-0.4, -0.2) is 65.7 Å². The molecule has 2 saturated heterocycles. The van der Waals surface area contributed by atoms with E-state index >= 15 is 0 Å². The summed E-state index contributed by atoms with van der Waals surface area (Å²) in [6, 6.07) is 6.38. The van der Waals surface area contributed by atoms with Gasteiger partial charge in [-0.2, -0.15) is 4.98 Å². The zero-order chi connectivity index (χ0) is 21.4. The normalized spacial score (nSPS) is 22.0. The van der Waals surface area contributed by atoms with Gasteiger partial charge in [0.15, 0.2) is 5.82 Å². The minimum Gasteiger partial charge on any atom is -0.611 e. The molecule has 3 aliphatic heterocycles. The van der Waals surface area contributed by atoms with Crippen LogP contribution in [0.1, 0.15) is 24.1 Å². The Labute approximate surface area is 191 Å². The first-order valence-corrected chi connectivity index (χ1v) is 12.7. The lowest BCUT2D eigenvalue weighted by Crippen LogP contribution is -2.47. The smallest absolute Gasteiger partial charge is 0.228 e. The standard InChI is InChI=1S/C22H28ClN5O2S/c1-15-14-16(23)2-3-19(15)27-7-9-28(10-8-27)22-25-18-6-13-31(29)20(18)21(26-22)24-17-4-11-30-12-5-17/h2-3,14,17H,4-13H2,1H3,(H,24,25,26). The van der Waals surface area contributed by atoms with Crippen molar-refractivity contribution < 1.29 is 9.29 Å². The lowest BCUT2D eigenvalue weighted by Gasteiger charge is -2.37. The van der Waals surface area contributed by atoms with Crippen LogP contribution in [0.15, 0.2) is 23.1 Å². The molecule has 7 nitrogen and oxygen atoms in total. The summed E-state index contributed by atoms with van der Waals surface area (Å²) in [5, 5.41) is 4.34. The van der Waals surface area contributed by atoms with Crippen LogP contribution in [0.25, 0.3) is 0 Å². The Morgan fingerprint density at radius 2 is 1.87 bits per heavy atom. The monoisotopic (exact) mass is 461 g/mol. The van der Waals surface area contributed by atoms with Crippen LogP contribution < -0.4 is 15.1 Å². The minimum atomic E-state index is -1.02. The largest absolute Gasteiger partial charge is 0.611 e. The van der Waals surface area contributed by atoms with Gasteiger partial charge in [0.25, 0.3) is 0 Å². The van der Waals surface area contributed by atoms with E-state index in [0.29, 0.717) is 11.8 Å². The van der Waals surface area contributed by atoms with E-state index in [2.05, 4.69) is 28.1 Å². The van der Waals surface area contributed by atoms with Crippen LogP contribution in [0.3, 0.4) is 0 Å². The predicted molar refractivity (Wildman–Crippen MR) is 125 cm³/mol. The van der Waals surface area contributed by atoms with Gasteiger partial charge in [-0.3, -0.25) is 0 Å². The number of aryl methyl sites for hydroxylation is 2. The number of hydrogen-bond donors (Lipinski definition) is 1. The summed E-state index contributed by atoms with van der Waals surface area (Å²) >= 11 is 5.10. The van der Waals surface area contributed by atoms with Crippen molar-refractivity contribution in [2.24, 2.45) is 0 Å². The Hall–Kier alpha value is -1.74. The van der Waals surface area contributed by atoms with Crippen molar-refractivity contribution >= 4 is 40.2 Å². The molecule has 1 N–H and O–H groups in total. The Kier molecular flexibility index (Phi) is 6.14.